The highest BCUT2D eigenvalue weighted by Gasteiger charge is 2.17. The molecule has 3 heteroatoms. The van der Waals surface area contributed by atoms with Gasteiger partial charge in [-0.15, -0.1) is 0 Å². The Morgan fingerprint density at radius 3 is 2.87 bits per heavy atom. The van der Waals surface area contributed by atoms with Crippen molar-refractivity contribution in [3.63, 3.8) is 0 Å². The summed E-state index contributed by atoms with van der Waals surface area (Å²) in [4.78, 5) is 0. The molecule has 1 saturated carbocycles. The Morgan fingerprint density at radius 2 is 2.20 bits per heavy atom. The Kier molecular flexibility index (Phi) is 3.41. The lowest BCUT2D eigenvalue weighted by Gasteiger charge is -2.09. The van der Waals surface area contributed by atoms with Gasteiger partial charge in [-0.2, -0.15) is 5.10 Å². The van der Waals surface area contributed by atoms with E-state index in [9.17, 15) is 0 Å². The Hall–Kier alpha value is -0.830. The molecular weight excluding hydrogens is 186 g/mol. The van der Waals surface area contributed by atoms with Crippen molar-refractivity contribution in [3.05, 3.63) is 18.0 Å². The van der Waals surface area contributed by atoms with Crippen LogP contribution in [0.4, 0.5) is 0 Å². The maximum atomic E-state index is 4.45. The molecule has 3 nitrogen and oxygen atoms in total. The second-order valence-corrected chi connectivity index (χ2v) is 4.80. The molecular formula is C12H21N3. The number of nitrogens with zero attached hydrogens (tertiary/aromatic N) is 2. The monoisotopic (exact) mass is 207 g/mol. The van der Waals surface area contributed by atoms with Gasteiger partial charge in [-0.3, -0.25) is 4.68 Å². The van der Waals surface area contributed by atoms with Gasteiger partial charge in [0, 0.05) is 24.3 Å². The highest BCUT2D eigenvalue weighted by molar-refractivity contribution is 5.04. The molecule has 0 aliphatic heterocycles. The van der Waals surface area contributed by atoms with Crippen molar-refractivity contribution in [2.45, 2.75) is 58.2 Å². The van der Waals surface area contributed by atoms with Crippen LogP contribution in [0.15, 0.2) is 12.4 Å². The molecule has 1 aromatic rings. The van der Waals surface area contributed by atoms with E-state index in [1.165, 1.54) is 31.2 Å². The summed E-state index contributed by atoms with van der Waals surface area (Å²) >= 11 is 0. The third kappa shape index (κ3) is 2.81. The molecule has 0 amide bonds. The summed E-state index contributed by atoms with van der Waals surface area (Å²) in [5.74, 6) is 0. The summed E-state index contributed by atoms with van der Waals surface area (Å²) in [5, 5.41) is 7.87. The molecule has 1 fully saturated rings. The normalized spacial score (nSPS) is 17.8. The Morgan fingerprint density at radius 1 is 1.47 bits per heavy atom. The number of nitrogens with one attached hydrogen (secondary N) is 1. The molecule has 2 rings (SSSR count). The van der Waals surface area contributed by atoms with E-state index in [-0.39, 0.29) is 0 Å². The number of hydrogen-bond acceptors (Lipinski definition) is 2. The van der Waals surface area contributed by atoms with Crippen LogP contribution in [0.1, 0.15) is 51.1 Å². The zero-order valence-electron chi connectivity index (χ0n) is 9.74. The molecule has 0 unspecified atom stereocenters. The highest BCUT2D eigenvalue weighted by atomic mass is 15.3. The Balaban J connectivity index is 1.91. The fourth-order valence-corrected chi connectivity index (χ4v) is 2.16. The first-order valence-electron chi connectivity index (χ1n) is 6.02. The molecule has 1 N–H and O–H groups in total. The van der Waals surface area contributed by atoms with Gasteiger partial charge in [-0.25, -0.2) is 0 Å². The number of hydrogen-bond donors (Lipinski definition) is 1. The van der Waals surface area contributed by atoms with Crippen LogP contribution in [-0.4, -0.2) is 15.8 Å². The molecule has 0 bridgehead atoms. The maximum absolute atomic E-state index is 4.45. The van der Waals surface area contributed by atoms with Gasteiger partial charge >= 0.3 is 0 Å². The minimum atomic E-state index is 0.542. The third-order valence-electron chi connectivity index (χ3n) is 3.07. The van der Waals surface area contributed by atoms with Crippen LogP contribution in [0.25, 0.3) is 0 Å². The van der Waals surface area contributed by atoms with E-state index in [1.807, 2.05) is 6.20 Å². The number of rotatable bonds is 4. The quantitative estimate of drug-likeness (QED) is 0.822. The summed E-state index contributed by atoms with van der Waals surface area (Å²) in [7, 11) is 0. The van der Waals surface area contributed by atoms with Crippen molar-refractivity contribution in [1.82, 2.24) is 15.1 Å². The summed E-state index contributed by atoms with van der Waals surface area (Å²) in [6.45, 7) is 5.27. The standard InChI is InChI=1S/C12H21N3/c1-10(2)13-7-11-8-14-15(9-11)12-5-3-4-6-12/h8-10,12-13H,3-7H2,1-2H3. The maximum Gasteiger partial charge on any atom is 0.0534 e. The second-order valence-electron chi connectivity index (χ2n) is 4.80. The lowest BCUT2D eigenvalue weighted by Crippen LogP contribution is -2.21. The van der Waals surface area contributed by atoms with Gasteiger partial charge in [-0.05, 0) is 12.8 Å². The van der Waals surface area contributed by atoms with E-state index in [4.69, 9.17) is 0 Å². The van der Waals surface area contributed by atoms with Gasteiger partial charge in [0.25, 0.3) is 0 Å². The smallest absolute Gasteiger partial charge is 0.0534 e. The summed E-state index contributed by atoms with van der Waals surface area (Å²) in [6, 6.07) is 1.21. The van der Waals surface area contributed by atoms with Crippen molar-refractivity contribution in [1.29, 1.82) is 0 Å². The molecule has 1 aromatic heterocycles. The van der Waals surface area contributed by atoms with Gasteiger partial charge in [0.2, 0.25) is 0 Å². The van der Waals surface area contributed by atoms with E-state index in [0.29, 0.717) is 12.1 Å². The van der Waals surface area contributed by atoms with E-state index in [0.717, 1.165) is 6.54 Å². The molecule has 0 atom stereocenters. The summed E-state index contributed by atoms with van der Waals surface area (Å²) in [5.41, 5.74) is 1.30. The third-order valence-corrected chi connectivity index (χ3v) is 3.07. The summed E-state index contributed by atoms with van der Waals surface area (Å²) < 4.78 is 2.16. The van der Waals surface area contributed by atoms with E-state index in [1.54, 1.807) is 0 Å². The predicted molar refractivity (Wildman–Crippen MR) is 61.7 cm³/mol. The molecule has 15 heavy (non-hydrogen) atoms. The van der Waals surface area contributed by atoms with Crippen molar-refractivity contribution in [2.24, 2.45) is 0 Å². The van der Waals surface area contributed by atoms with Crippen LogP contribution >= 0.6 is 0 Å². The number of aromatic nitrogens is 2. The Labute approximate surface area is 91.9 Å². The van der Waals surface area contributed by atoms with Gasteiger partial charge in [0.1, 0.15) is 0 Å². The van der Waals surface area contributed by atoms with Crippen LogP contribution in [0, 0.1) is 0 Å². The topological polar surface area (TPSA) is 29.9 Å². The Bertz CT molecular complexity index is 298. The molecule has 1 heterocycles. The average Bonchev–Trinajstić information content (AvgIpc) is 2.85. The lowest BCUT2D eigenvalue weighted by molar-refractivity contribution is 0.466. The van der Waals surface area contributed by atoms with E-state index >= 15 is 0 Å². The van der Waals surface area contributed by atoms with E-state index < -0.39 is 0 Å². The molecule has 0 aromatic carbocycles. The molecule has 0 radical (unpaired) electrons. The van der Waals surface area contributed by atoms with Crippen LogP contribution in [0.3, 0.4) is 0 Å². The lowest BCUT2D eigenvalue weighted by atomic mass is 10.2. The van der Waals surface area contributed by atoms with E-state index in [2.05, 4.69) is 35.1 Å². The van der Waals surface area contributed by atoms with Crippen molar-refractivity contribution < 1.29 is 0 Å². The molecule has 0 saturated heterocycles. The zero-order chi connectivity index (χ0) is 10.7. The molecule has 0 spiro atoms. The first-order chi connectivity index (χ1) is 7.25. The fraction of sp³-hybridized carbons (Fsp3) is 0.750. The average molecular weight is 207 g/mol. The second kappa shape index (κ2) is 4.79. The predicted octanol–water partition coefficient (Wildman–Crippen LogP) is 2.50. The molecule has 1 aliphatic carbocycles. The largest absolute Gasteiger partial charge is 0.310 e. The van der Waals surface area contributed by atoms with Gasteiger partial charge < -0.3 is 5.32 Å². The van der Waals surface area contributed by atoms with Crippen molar-refractivity contribution in [3.8, 4) is 0 Å². The highest BCUT2D eigenvalue weighted by Crippen LogP contribution is 2.28. The molecule has 84 valence electrons. The van der Waals surface area contributed by atoms with Crippen LogP contribution < -0.4 is 5.32 Å². The van der Waals surface area contributed by atoms with Crippen LogP contribution in [0.2, 0.25) is 0 Å². The minimum Gasteiger partial charge on any atom is -0.310 e. The SMILES string of the molecule is CC(C)NCc1cnn(C2CCCC2)c1. The first-order valence-corrected chi connectivity index (χ1v) is 6.02. The van der Waals surface area contributed by atoms with Crippen LogP contribution in [-0.2, 0) is 6.54 Å². The van der Waals surface area contributed by atoms with Crippen LogP contribution in [0.5, 0.6) is 0 Å². The first kappa shape index (κ1) is 10.7. The van der Waals surface area contributed by atoms with Gasteiger partial charge in [0.05, 0.1) is 12.2 Å². The molecule has 1 aliphatic rings. The zero-order valence-corrected chi connectivity index (χ0v) is 9.74. The van der Waals surface area contributed by atoms with Crippen molar-refractivity contribution in [2.75, 3.05) is 0 Å². The minimum absolute atomic E-state index is 0.542. The van der Waals surface area contributed by atoms with Crippen molar-refractivity contribution >= 4 is 0 Å². The van der Waals surface area contributed by atoms with Gasteiger partial charge in [-0.1, -0.05) is 26.7 Å². The fourth-order valence-electron chi connectivity index (χ4n) is 2.16. The summed E-state index contributed by atoms with van der Waals surface area (Å²) in [6.07, 6.45) is 9.53. The van der Waals surface area contributed by atoms with Gasteiger partial charge in [0.15, 0.2) is 0 Å².